The third kappa shape index (κ3) is 6.46. The Bertz CT molecular complexity index is 1470. The Balaban J connectivity index is 1.88. The molecular weight excluding hydrogens is 597 g/mol. The van der Waals surface area contributed by atoms with E-state index < -0.39 is 40.4 Å². The number of hydrogen-bond donors (Lipinski definition) is 1. The van der Waals surface area contributed by atoms with Gasteiger partial charge >= 0.3 is 12.1 Å². The van der Waals surface area contributed by atoms with Gasteiger partial charge in [-0.2, -0.15) is 13.2 Å². The highest BCUT2D eigenvalue weighted by atomic mass is 35.5. The summed E-state index contributed by atoms with van der Waals surface area (Å²) < 4.78 is 59.6. The van der Waals surface area contributed by atoms with Crippen LogP contribution in [0.25, 0.3) is 5.69 Å². The number of nitrogens with one attached hydrogen (secondary N) is 1. The van der Waals surface area contributed by atoms with Gasteiger partial charge in [0.2, 0.25) is 11.7 Å². The predicted molar refractivity (Wildman–Crippen MR) is 151 cm³/mol. The highest BCUT2D eigenvalue weighted by Crippen LogP contribution is 2.54. The first-order valence-corrected chi connectivity index (χ1v) is 14.3. The Hall–Kier alpha value is -3.45. The van der Waals surface area contributed by atoms with Crippen LogP contribution in [-0.2, 0) is 20.5 Å². The van der Waals surface area contributed by atoms with E-state index in [1.165, 1.54) is 45.2 Å². The van der Waals surface area contributed by atoms with E-state index in [1.54, 1.807) is 24.3 Å². The summed E-state index contributed by atoms with van der Waals surface area (Å²) in [4.78, 5) is 25.7. The molecule has 1 aromatic heterocycles. The van der Waals surface area contributed by atoms with Gasteiger partial charge < -0.3 is 19.5 Å². The van der Waals surface area contributed by atoms with Crippen LogP contribution in [0.1, 0.15) is 60.0 Å². The van der Waals surface area contributed by atoms with Crippen molar-refractivity contribution in [1.29, 1.82) is 0 Å². The Morgan fingerprint density at radius 2 is 1.83 bits per heavy atom. The number of hydrogen-bond acceptors (Lipinski definition) is 8. The summed E-state index contributed by atoms with van der Waals surface area (Å²) in [6.45, 7) is 3.78. The molecule has 0 fully saturated rings. The number of methoxy groups -OCH3 is 3. The van der Waals surface area contributed by atoms with Gasteiger partial charge in [-0.15, -0.1) is 22.0 Å². The second-order valence-corrected chi connectivity index (χ2v) is 11.7. The number of fused-ring (bicyclic) bond motifs is 3. The summed E-state index contributed by atoms with van der Waals surface area (Å²) in [5, 5.41) is 8.80. The molecule has 226 valence electrons. The molecule has 2 heterocycles. The zero-order valence-electron chi connectivity index (χ0n) is 23.5. The van der Waals surface area contributed by atoms with Crippen molar-refractivity contribution in [1.82, 2.24) is 20.1 Å². The van der Waals surface area contributed by atoms with Crippen LogP contribution in [-0.4, -0.2) is 54.0 Å². The van der Waals surface area contributed by atoms with Gasteiger partial charge in [0.15, 0.2) is 17.3 Å². The molecule has 1 amide bonds. The van der Waals surface area contributed by atoms with Crippen LogP contribution in [0.3, 0.4) is 0 Å². The molecule has 0 spiro atoms. The van der Waals surface area contributed by atoms with Crippen molar-refractivity contribution >= 4 is 35.2 Å². The topological polar surface area (TPSA) is 105 Å². The smallest absolute Gasteiger partial charge is 0.452 e. The van der Waals surface area contributed by atoms with Crippen LogP contribution in [0.15, 0.2) is 36.4 Å². The van der Waals surface area contributed by atoms with E-state index in [4.69, 9.17) is 25.8 Å². The maximum Gasteiger partial charge on any atom is 0.452 e. The summed E-state index contributed by atoms with van der Waals surface area (Å²) in [6, 6.07) is 8.82. The molecule has 42 heavy (non-hydrogen) atoms. The molecule has 1 aliphatic heterocycles. The fourth-order valence-electron chi connectivity index (χ4n) is 4.91. The van der Waals surface area contributed by atoms with Crippen LogP contribution in [0.4, 0.5) is 13.2 Å². The molecule has 3 atom stereocenters. The number of nitrogens with zero attached hydrogens (tertiary/aromatic N) is 3. The summed E-state index contributed by atoms with van der Waals surface area (Å²) in [6.07, 6.45) is -4.84. The third-order valence-corrected chi connectivity index (χ3v) is 8.38. The predicted octanol–water partition coefficient (Wildman–Crippen LogP) is 5.93. The van der Waals surface area contributed by atoms with Crippen molar-refractivity contribution < 1.29 is 37.0 Å². The van der Waals surface area contributed by atoms with Crippen LogP contribution in [0.5, 0.6) is 11.5 Å². The molecule has 14 heteroatoms. The molecular formula is C28H30ClF3N4O5S. The lowest BCUT2D eigenvalue weighted by molar-refractivity contribution is -0.146. The number of aromatic nitrogens is 3. The van der Waals surface area contributed by atoms with E-state index in [1.807, 2.05) is 13.8 Å². The van der Waals surface area contributed by atoms with Gasteiger partial charge in [0.1, 0.15) is 6.04 Å². The number of amides is 1. The average molecular weight is 627 g/mol. The molecule has 0 saturated heterocycles. The third-order valence-electron chi connectivity index (χ3n) is 6.66. The Kier molecular flexibility index (Phi) is 9.61. The number of rotatable bonds is 9. The Labute approximate surface area is 250 Å². The van der Waals surface area contributed by atoms with Crippen molar-refractivity contribution in [3.8, 4) is 17.2 Å². The summed E-state index contributed by atoms with van der Waals surface area (Å²) in [7, 11) is 4.16. The molecule has 0 unspecified atom stereocenters. The molecule has 0 saturated carbocycles. The lowest BCUT2D eigenvalue weighted by Crippen LogP contribution is -2.42. The average Bonchev–Trinajstić information content (AvgIpc) is 3.34. The van der Waals surface area contributed by atoms with Crippen molar-refractivity contribution in [3.05, 3.63) is 64.2 Å². The second-order valence-electron chi connectivity index (χ2n) is 9.98. The standard InChI is InChI=1S/C28H30ClF3N4O5S/c1-14(2)11-18(26(38)41-5)33-22(37)13-21-25-34-35-27(28(30,31)32)36(25)19-10-9-15(29)12-17(19)24(42-21)16-7-6-8-20(39-3)23(16)40-4/h6-10,12,14,18,21,24H,11,13H2,1-5H3,(H,33,37)/t18-,21+,24+/m0/s1. The van der Waals surface area contributed by atoms with Gasteiger partial charge in [-0.1, -0.05) is 37.6 Å². The highest BCUT2D eigenvalue weighted by Gasteiger charge is 2.44. The van der Waals surface area contributed by atoms with Gasteiger partial charge in [0.25, 0.3) is 0 Å². The monoisotopic (exact) mass is 626 g/mol. The number of para-hydroxylation sites is 1. The van der Waals surface area contributed by atoms with Crippen LogP contribution in [0, 0.1) is 5.92 Å². The first kappa shape index (κ1) is 31.5. The minimum Gasteiger partial charge on any atom is -0.493 e. The van der Waals surface area contributed by atoms with E-state index >= 15 is 0 Å². The van der Waals surface area contributed by atoms with Gasteiger partial charge in [0.05, 0.1) is 37.5 Å². The number of halogens is 4. The number of carbonyl (C=O) groups excluding carboxylic acids is 2. The largest absolute Gasteiger partial charge is 0.493 e. The molecule has 1 aliphatic rings. The Morgan fingerprint density at radius 1 is 1.10 bits per heavy atom. The number of esters is 1. The van der Waals surface area contributed by atoms with Crippen molar-refractivity contribution in [2.75, 3.05) is 21.3 Å². The molecule has 0 radical (unpaired) electrons. The van der Waals surface area contributed by atoms with E-state index in [9.17, 15) is 22.8 Å². The maximum atomic E-state index is 14.2. The van der Waals surface area contributed by atoms with Crippen LogP contribution in [0.2, 0.25) is 5.02 Å². The molecule has 0 aliphatic carbocycles. The molecule has 4 rings (SSSR count). The molecule has 3 aromatic rings. The van der Waals surface area contributed by atoms with E-state index in [-0.39, 0.29) is 23.9 Å². The van der Waals surface area contributed by atoms with Crippen molar-refractivity contribution in [2.45, 2.75) is 49.4 Å². The van der Waals surface area contributed by atoms with Crippen LogP contribution >= 0.6 is 23.4 Å². The first-order chi connectivity index (χ1) is 19.9. The minimum atomic E-state index is -4.85. The summed E-state index contributed by atoms with van der Waals surface area (Å²) >= 11 is 7.57. The zero-order chi connectivity index (χ0) is 30.8. The minimum absolute atomic E-state index is 0.0586. The molecule has 1 N–H and O–H groups in total. The summed E-state index contributed by atoms with van der Waals surface area (Å²) in [5.74, 6) is -1.64. The lowest BCUT2D eigenvalue weighted by Gasteiger charge is -2.24. The first-order valence-electron chi connectivity index (χ1n) is 12.9. The van der Waals surface area contributed by atoms with Gasteiger partial charge in [-0.25, -0.2) is 4.79 Å². The normalized spacial score (nSPS) is 17.1. The van der Waals surface area contributed by atoms with Crippen molar-refractivity contribution in [2.24, 2.45) is 5.92 Å². The van der Waals surface area contributed by atoms with E-state index in [2.05, 4.69) is 15.5 Å². The van der Waals surface area contributed by atoms with Gasteiger partial charge in [-0.3, -0.25) is 9.36 Å². The number of thioether (sulfide) groups is 1. The molecule has 0 bridgehead atoms. The number of ether oxygens (including phenoxy) is 3. The number of alkyl halides is 3. The fraction of sp³-hybridized carbons (Fsp3) is 0.429. The quantitative estimate of drug-likeness (QED) is 0.292. The number of carbonyl (C=O) groups is 2. The maximum absolute atomic E-state index is 14.2. The second kappa shape index (κ2) is 12.8. The fourth-order valence-corrected chi connectivity index (χ4v) is 6.61. The number of benzene rings is 2. The van der Waals surface area contributed by atoms with Crippen molar-refractivity contribution in [3.63, 3.8) is 0 Å². The van der Waals surface area contributed by atoms with E-state index in [0.717, 1.165) is 4.57 Å². The zero-order valence-corrected chi connectivity index (χ0v) is 25.1. The molecule has 2 aromatic carbocycles. The van der Waals surface area contributed by atoms with Gasteiger partial charge in [0, 0.05) is 17.0 Å². The van der Waals surface area contributed by atoms with Gasteiger partial charge in [-0.05, 0) is 42.2 Å². The Morgan fingerprint density at radius 3 is 2.45 bits per heavy atom. The SMILES string of the molecule is COC(=O)[C@H](CC(C)C)NC(=O)C[C@H]1S[C@H](c2cccc(OC)c2OC)c2cc(Cl)ccc2-n2c1nnc2C(F)(F)F. The van der Waals surface area contributed by atoms with Crippen LogP contribution < -0.4 is 14.8 Å². The highest BCUT2D eigenvalue weighted by molar-refractivity contribution is 8.00. The summed E-state index contributed by atoms with van der Waals surface area (Å²) in [5.41, 5.74) is 1.18. The lowest BCUT2D eigenvalue weighted by atomic mass is 10.0. The van der Waals surface area contributed by atoms with E-state index in [0.29, 0.717) is 34.1 Å². The molecule has 9 nitrogen and oxygen atoms in total.